The van der Waals surface area contributed by atoms with Crippen LogP contribution in [0.2, 0.25) is 0 Å². The molecule has 3 N–H and O–H groups in total. The Hall–Kier alpha value is -3.47. The lowest BCUT2D eigenvalue weighted by Crippen LogP contribution is -2.46. The number of amides is 2. The number of hydrogen-bond donors (Lipinski definition) is 2. The van der Waals surface area contributed by atoms with E-state index in [-0.39, 0.29) is 17.7 Å². The van der Waals surface area contributed by atoms with Gasteiger partial charge in [0.2, 0.25) is 11.8 Å². The molecule has 0 radical (unpaired) electrons. The lowest BCUT2D eigenvalue weighted by molar-refractivity contribution is -0.126. The molecule has 1 atom stereocenters. The molecule has 158 valence electrons. The number of anilines is 3. The van der Waals surface area contributed by atoms with Crippen LogP contribution in [-0.4, -0.2) is 28.3 Å². The van der Waals surface area contributed by atoms with Gasteiger partial charge >= 0.3 is 0 Å². The molecular weight excluding hydrogens is 392 g/mol. The Morgan fingerprint density at radius 1 is 1.19 bits per heavy atom. The first kappa shape index (κ1) is 19.5. The number of nitrogens with zero attached hydrogens (tertiary/aromatic N) is 4. The number of nitriles is 1. The van der Waals surface area contributed by atoms with Crippen LogP contribution in [0.25, 0.3) is 0 Å². The first-order chi connectivity index (χ1) is 15.0. The predicted molar refractivity (Wildman–Crippen MR) is 114 cm³/mol. The van der Waals surface area contributed by atoms with Crippen molar-refractivity contribution in [3.63, 3.8) is 0 Å². The number of aromatic nitrogens is 2. The van der Waals surface area contributed by atoms with E-state index in [1.807, 2.05) is 12.1 Å². The summed E-state index contributed by atoms with van der Waals surface area (Å²) < 4.78 is 0. The topological polar surface area (TPSA) is 125 Å². The summed E-state index contributed by atoms with van der Waals surface area (Å²) >= 11 is 0. The van der Waals surface area contributed by atoms with Gasteiger partial charge in [0, 0.05) is 30.7 Å². The van der Waals surface area contributed by atoms with Crippen LogP contribution in [0.4, 0.5) is 17.3 Å². The smallest absolute Gasteiger partial charge is 0.247 e. The minimum absolute atomic E-state index is 0.102. The van der Waals surface area contributed by atoms with Gasteiger partial charge in [-0.3, -0.25) is 9.59 Å². The molecule has 2 aromatic heterocycles. The number of nitrogens with two attached hydrogens (primary N) is 1. The van der Waals surface area contributed by atoms with Gasteiger partial charge in [-0.05, 0) is 55.7 Å². The maximum atomic E-state index is 13.0. The standard InChI is InChI=1S/C23H24N6O2/c24-14-23(15-2-3-15)9-11-29(21(23)31)17-6-10-26-19(12-17)28-18-5-4-16(13-27-18)22(20(25)30)7-1-8-22/h4-6,10,12-13,15H,1-3,7-9,11H2,(H2,25,30)(H,26,27,28)/t23-/m1/s1. The van der Waals surface area contributed by atoms with Crippen LogP contribution in [0.5, 0.6) is 0 Å². The van der Waals surface area contributed by atoms with Gasteiger partial charge in [-0.2, -0.15) is 5.26 Å². The van der Waals surface area contributed by atoms with Gasteiger partial charge in [0.15, 0.2) is 0 Å². The fraction of sp³-hybridized carbons (Fsp3) is 0.435. The molecule has 3 aliphatic rings. The van der Waals surface area contributed by atoms with Crippen molar-refractivity contribution in [1.29, 1.82) is 5.26 Å². The van der Waals surface area contributed by atoms with E-state index in [1.165, 1.54) is 0 Å². The van der Waals surface area contributed by atoms with Crippen molar-refractivity contribution in [2.45, 2.75) is 43.9 Å². The normalized spacial score (nSPS) is 24.4. The largest absolute Gasteiger partial charge is 0.369 e. The van der Waals surface area contributed by atoms with Crippen LogP contribution in [-0.2, 0) is 15.0 Å². The molecule has 2 aliphatic carbocycles. The summed E-state index contributed by atoms with van der Waals surface area (Å²) in [6, 6.07) is 9.58. The Labute approximate surface area is 180 Å². The van der Waals surface area contributed by atoms with E-state index in [0.717, 1.165) is 43.4 Å². The molecule has 0 spiro atoms. The molecular formula is C23H24N6O2. The van der Waals surface area contributed by atoms with Crippen molar-refractivity contribution in [2.75, 3.05) is 16.8 Å². The summed E-state index contributed by atoms with van der Waals surface area (Å²) in [6.07, 6.45) is 8.32. The molecule has 2 saturated carbocycles. The molecule has 0 unspecified atom stereocenters. The van der Waals surface area contributed by atoms with Gasteiger partial charge in [-0.1, -0.05) is 12.5 Å². The van der Waals surface area contributed by atoms with Gasteiger partial charge in [-0.15, -0.1) is 0 Å². The highest BCUT2D eigenvalue weighted by Gasteiger charge is 2.56. The second kappa shape index (κ2) is 7.05. The van der Waals surface area contributed by atoms with Gasteiger partial charge < -0.3 is 16.0 Å². The SMILES string of the molecule is N#C[C@@]1(C2CC2)CCN(c2ccnc(Nc3ccc(C4(C(N)=O)CCC4)cn3)c2)C1=O. The Kier molecular flexibility index (Phi) is 4.43. The fourth-order valence-corrected chi connectivity index (χ4v) is 4.88. The zero-order valence-electron chi connectivity index (χ0n) is 17.2. The predicted octanol–water partition coefficient (Wildman–Crippen LogP) is 2.78. The highest BCUT2D eigenvalue weighted by Crippen LogP contribution is 2.52. The third kappa shape index (κ3) is 3.03. The van der Waals surface area contributed by atoms with Crippen LogP contribution in [0, 0.1) is 22.7 Å². The third-order valence-electron chi connectivity index (χ3n) is 7.14. The van der Waals surface area contributed by atoms with Crippen molar-refractivity contribution in [1.82, 2.24) is 9.97 Å². The molecule has 1 aliphatic heterocycles. The molecule has 31 heavy (non-hydrogen) atoms. The average molecular weight is 416 g/mol. The first-order valence-electron chi connectivity index (χ1n) is 10.7. The van der Waals surface area contributed by atoms with Crippen molar-refractivity contribution < 1.29 is 9.59 Å². The van der Waals surface area contributed by atoms with E-state index < -0.39 is 10.8 Å². The van der Waals surface area contributed by atoms with E-state index in [0.29, 0.717) is 24.6 Å². The summed E-state index contributed by atoms with van der Waals surface area (Å²) in [6.45, 7) is 0.536. The van der Waals surface area contributed by atoms with E-state index in [2.05, 4.69) is 21.4 Å². The monoisotopic (exact) mass is 416 g/mol. The average Bonchev–Trinajstić information content (AvgIpc) is 3.52. The van der Waals surface area contributed by atoms with Crippen molar-refractivity contribution in [3.8, 4) is 6.07 Å². The quantitative estimate of drug-likeness (QED) is 0.746. The van der Waals surface area contributed by atoms with Crippen molar-refractivity contribution >= 4 is 29.1 Å². The van der Waals surface area contributed by atoms with E-state index in [4.69, 9.17) is 5.73 Å². The van der Waals surface area contributed by atoms with Gasteiger partial charge in [0.05, 0.1) is 11.5 Å². The van der Waals surface area contributed by atoms with Gasteiger partial charge in [0.1, 0.15) is 17.1 Å². The zero-order valence-corrected chi connectivity index (χ0v) is 17.2. The van der Waals surface area contributed by atoms with Crippen LogP contribution < -0.4 is 16.0 Å². The van der Waals surface area contributed by atoms with E-state index >= 15 is 0 Å². The van der Waals surface area contributed by atoms with Crippen LogP contribution in [0.1, 0.15) is 44.1 Å². The zero-order chi connectivity index (χ0) is 21.6. The minimum Gasteiger partial charge on any atom is -0.369 e. The summed E-state index contributed by atoms with van der Waals surface area (Å²) in [5, 5.41) is 12.8. The molecule has 3 fully saturated rings. The highest BCUT2D eigenvalue weighted by molar-refractivity contribution is 6.02. The van der Waals surface area contributed by atoms with Crippen LogP contribution >= 0.6 is 0 Å². The summed E-state index contributed by atoms with van der Waals surface area (Å²) in [7, 11) is 0. The van der Waals surface area contributed by atoms with E-state index in [1.54, 1.807) is 29.4 Å². The number of pyridine rings is 2. The van der Waals surface area contributed by atoms with Crippen molar-refractivity contribution in [2.24, 2.45) is 17.1 Å². The van der Waals surface area contributed by atoms with Crippen LogP contribution in [0.3, 0.4) is 0 Å². The lowest BCUT2D eigenvalue weighted by atomic mass is 9.64. The minimum atomic E-state index is -0.869. The molecule has 0 bridgehead atoms. The molecule has 8 nitrogen and oxygen atoms in total. The fourth-order valence-electron chi connectivity index (χ4n) is 4.88. The molecule has 3 heterocycles. The molecule has 2 aromatic rings. The molecule has 0 aromatic carbocycles. The van der Waals surface area contributed by atoms with Gasteiger partial charge in [0.25, 0.3) is 0 Å². The summed E-state index contributed by atoms with van der Waals surface area (Å²) in [5.41, 5.74) is 5.73. The number of hydrogen-bond acceptors (Lipinski definition) is 6. The highest BCUT2D eigenvalue weighted by atomic mass is 16.2. The second-order valence-corrected chi connectivity index (χ2v) is 8.82. The van der Waals surface area contributed by atoms with Gasteiger partial charge in [-0.25, -0.2) is 9.97 Å². The number of carbonyl (C=O) groups is 2. The Balaban J connectivity index is 1.33. The second-order valence-electron chi connectivity index (χ2n) is 8.82. The maximum Gasteiger partial charge on any atom is 0.247 e. The molecule has 8 heteroatoms. The summed E-state index contributed by atoms with van der Waals surface area (Å²) in [5.74, 6) is 0.931. The number of nitrogens with one attached hydrogen (secondary N) is 1. The molecule has 2 amide bonds. The number of rotatable bonds is 6. The number of primary amides is 1. The molecule has 5 rings (SSSR count). The Morgan fingerprint density at radius 2 is 2.00 bits per heavy atom. The first-order valence-corrected chi connectivity index (χ1v) is 10.7. The summed E-state index contributed by atoms with van der Waals surface area (Å²) in [4.78, 5) is 35.4. The Morgan fingerprint density at radius 3 is 2.58 bits per heavy atom. The van der Waals surface area contributed by atoms with Crippen molar-refractivity contribution in [3.05, 3.63) is 42.2 Å². The number of carbonyl (C=O) groups excluding carboxylic acids is 2. The maximum absolute atomic E-state index is 13.0. The molecule has 1 saturated heterocycles. The third-order valence-corrected chi connectivity index (χ3v) is 7.14. The van der Waals surface area contributed by atoms with E-state index in [9.17, 15) is 14.9 Å². The van der Waals surface area contributed by atoms with Crippen LogP contribution in [0.15, 0.2) is 36.7 Å². The lowest BCUT2D eigenvalue weighted by Gasteiger charge is -2.39. The Bertz CT molecular complexity index is 1080.